The molecule has 0 unspecified atom stereocenters. The second-order valence-corrected chi connectivity index (χ2v) is 3.06. The van der Waals surface area contributed by atoms with Gasteiger partial charge in [-0.25, -0.2) is 0 Å². The quantitative estimate of drug-likeness (QED) is 0.579. The molecule has 0 saturated heterocycles. The van der Waals surface area contributed by atoms with Gasteiger partial charge in [-0.15, -0.1) is 0 Å². The van der Waals surface area contributed by atoms with Crippen LogP contribution in [-0.2, 0) is 0 Å². The van der Waals surface area contributed by atoms with Crippen molar-refractivity contribution in [2.75, 3.05) is 6.61 Å². The Kier molecular flexibility index (Phi) is 3.39. The number of nitrogens with zero attached hydrogens (tertiary/aromatic N) is 2. The maximum Gasteiger partial charge on any atom is 0.318 e. The van der Waals surface area contributed by atoms with Gasteiger partial charge in [0.15, 0.2) is 0 Å². The maximum absolute atomic E-state index is 10.7. The van der Waals surface area contributed by atoms with Gasteiger partial charge >= 0.3 is 5.69 Å². The molecule has 0 aliphatic heterocycles. The third-order valence-electron chi connectivity index (χ3n) is 1.94. The number of hydrogen-bond acceptors (Lipinski definition) is 5. The van der Waals surface area contributed by atoms with Gasteiger partial charge in [-0.3, -0.25) is 20.2 Å². The van der Waals surface area contributed by atoms with Crippen molar-refractivity contribution in [3.05, 3.63) is 37.9 Å². The fourth-order valence-electron chi connectivity index (χ4n) is 1.31. The van der Waals surface area contributed by atoms with Crippen LogP contribution >= 0.6 is 0 Å². The first-order valence-electron chi connectivity index (χ1n) is 4.53. The highest BCUT2D eigenvalue weighted by atomic mass is 16.6. The van der Waals surface area contributed by atoms with Crippen LogP contribution in [0.5, 0.6) is 5.75 Å². The van der Waals surface area contributed by atoms with E-state index in [-0.39, 0.29) is 23.7 Å². The zero-order chi connectivity index (χ0) is 12.3. The number of non-ortho nitro benzene ring substituents is 1. The average molecular weight is 226 g/mol. The van der Waals surface area contributed by atoms with E-state index >= 15 is 0 Å². The van der Waals surface area contributed by atoms with Gasteiger partial charge in [0, 0.05) is 11.6 Å². The Hall–Kier alpha value is -2.18. The van der Waals surface area contributed by atoms with Gasteiger partial charge in [0.25, 0.3) is 5.69 Å². The van der Waals surface area contributed by atoms with E-state index in [0.29, 0.717) is 5.56 Å². The molecule has 0 N–H and O–H groups in total. The number of hydrogen-bond donors (Lipinski definition) is 0. The van der Waals surface area contributed by atoms with Crippen molar-refractivity contribution in [3.8, 4) is 5.75 Å². The van der Waals surface area contributed by atoms with Crippen LogP contribution in [0, 0.1) is 27.2 Å². The van der Waals surface area contributed by atoms with Gasteiger partial charge in [0.05, 0.1) is 22.5 Å². The van der Waals surface area contributed by atoms with Crippen molar-refractivity contribution in [1.82, 2.24) is 0 Å². The van der Waals surface area contributed by atoms with E-state index < -0.39 is 9.85 Å². The second-order valence-electron chi connectivity index (χ2n) is 3.06. The third-order valence-corrected chi connectivity index (χ3v) is 1.94. The fourth-order valence-corrected chi connectivity index (χ4v) is 1.31. The van der Waals surface area contributed by atoms with Crippen LogP contribution < -0.4 is 4.74 Å². The number of aryl methyl sites for hydroxylation is 1. The lowest BCUT2D eigenvalue weighted by molar-refractivity contribution is -0.394. The van der Waals surface area contributed by atoms with Crippen LogP contribution in [0.15, 0.2) is 12.1 Å². The Morgan fingerprint density at radius 3 is 2.31 bits per heavy atom. The van der Waals surface area contributed by atoms with Gasteiger partial charge in [0.1, 0.15) is 0 Å². The number of nitro groups is 2. The van der Waals surface area contributed by atoms with Crippen molar-refractivity contribution in [1.29, 1.82) is 0 Å². The summed E-state index contributed by atoms with van der Waals surface area (Å²) in [6, 6.07) is 2.15. The molecule has 0 aromatic heterocycles. The number of benzene rings is 1. The SMILES string of the molecule is CCOc1c(C)cc([N+](=O)[O-])cc1[N+](=O)[O-]. The summed E-state index contributed by atoms with van der Waals surface area (Å²) < 4.78 is 5.10. The van der Waals surface area contributed by atoms with Crippen LogP contribution in [0.25, 0.3) is 0 Å². The summed E-state index contributed by atoms with van der Waals surface area (Å²) >= 11 is 0. The van der Waals surface area contributed by atoms with Crippen LogP contribution in [0.3, 0.4) is 0 Å². The minimum Gasteiger partial charge on any atom is -0.487 e. The monoisotopic (exact) mass is 226 g/mol. The Morgan fingerprint density at radius 2 is 1.88 bits per heavy atom. The Balaban J connectivity index is 3.39. The van der Waals surface area contributed by atoms with E-state index in [1.165, 1.54) is 13.0 Å². The molecular weight excluding hydrogens is 216 g/mol. The van der Waals surface area contributed by atoms with Crippen molar-refractivity contribution >= 4 is 11.4 Å². The zero-order valence-electron chi connectivity index (χ0n) is 8.80. The van der Waals surface area contributed by atoms with Crippen LogP contribution in [0.4, 0.5) is 11.4 Å². The van der Waals surface area contributed by atoms with E-state index in [1.807, 2.05) is 0 Å². The first kappa shape index (κ1) is 11.9. The predicted molar refractivity (Wildman–Crippen MR) is 55.7 cm³/mol. The molecule has 0 atom stereocenters. The molecule has 0 aliphatic carbocycles. The highest BCUT2D eigenvalue weighted by Crippen LogP contribution is 2.34. The van der Waals surface area contributed by atoms with Crippen LogP contribution in [0.2, 0.25) is 0 Å². The molecule has 1 rings (SSSR count). The third kappa shape index (κ3) is 2.25. The Morgan fingerprint density at radius 1 is 1.25 bits per heavy atom. The van der Waals surface area contributed by atoms with Crippen molar-refractivity contribution in [2.45, 2.75) is 13.8 Å². The highest BCUT2D eigenvalue weighted by Gasteiger charge is 2.23. The summed E-state index contributed by atoms with van der Waals surface area (Å²) in [5, 5.41) is 21.3. The van der Waals surface area contributed by atoms with Gasteiger partial charge in [-0.05, 0) is 13.8 Å². The summed E-state index contributed by atoms with van der Waals surface area (Å²) in [7, 11) is 0. The molecule has 86 valence electrons. The minimum absolute atomic E-state index is 0.0816. The molecule has 16 heavy (non-hydrogen) atoms. The Labute approximate surface area is 90.9 Å². The largest absolute Gasteiger partial charge is 0.487 e. The predicted octanol–water partition coefficient (Wildman–Crippen LogP) is 2.21. The standard InChI is InChI=1S/C9H10N2O5/c1-3-16-9-6(2)4-7(10(12)13)5-8(9)11(14)15/h4-5H,3H2,1-2H3. The first-order valence-corrected chi connectivity index (χ1v) is 4.53. The summed E-state index contributed by atoms with van der Waals surface area (Å²) in [4.78, 5) is 19.9. The molecule has 7 heteroatoms. The molecule has 0 fully saturated rings. The minimum atomic E-state index is -0.689. The molecule has 0 amide bonds. The maximum atomic E-state index is 10.7. The average Bonchev–Trinajstić information content (AvgIpc) is 2.20. The number of rotatable bonds is 4. The van der Waals surface area contributed by atoms with E-state index in [0.717, 1.165) is 6.07 Å². The molecule has 7 nitrogen and oxygen atoms in total. The first-order chi connectivity index (χ1) is 7.47. The molecule has 0 bridgehead atoms. The van der Waals surface area contributed by atoms with Gasteiger partial charge in [-0.1, -0.05) is 0 Å². The van der Waals surface area contributed by atoms with Crippen molar-refractivity contribution in [2.24, 2.45) is 0 Å². The summed E-state index contributed by atoms with van der Waals surface area (Å²) in [6.07, 6.45) is 0. The fraction of sp³-hybridized carbons (Fsp3) is 0.333. The second kappa shape index (κ2) is 4.56. The van der Waals surface area contributed by atoms with E-state index in [1.54, 1.807) is 6.92 Å². The molecule has 1 aromatic rings. The van der Waals surface area contributed by atoms with E-state index in [9.17, 15) is 20.2 Å². The lowest BCUT2D eigenvalue weighted by atomic mass is 10.1. The lowest BCUT2D eigenvalue weighted by Gasteiger charge is -2.06. The molecule has 1 aromatic carbocycles. The summed E-state index contributed by atoms with van der Waals surface area (Å²) in [5.74, 6) is 0.0816. The van der Waals surface area contributed by atoms with Gasteiger partial charge in [-0.2, -0.15) is 0 Å². The van der Waals surface area contributed by atoms with E-state index in [4.69, 9.17) is 4.74 Å². The molecule has 0 heterocycles. The highest BCUT2D eigenvalue weighted by molar-refractivity contribution is 5.58. The smallest absolute Gasteiger partial charge is 0.318 e. The van der Waals surface area contributed by atoms with Crippen LogP contribution in [-0.4, -0.2) is 16.5 Å². The molecule has 0 spiro atoms. The molecular formula is C9H10N2O5. The van der Waals surface area contributed by atoms with Crippen LogP contribution in [0.1, 0.15) is 12.5 Å². The normalized spacial score (nSPS) is 9.88. The van der Waals surface area contributed by atoms with Crippen molar-refractivity contribution < 1.29 is 14.6 Å². The summed E-state index contributed by atoms with van der Waals surface area (Å²) in [5.41, 5.74) is -0.316. The van der Waals surface area contributed by atoms with Gasteiger partial charge in [0.2, 0.25) is 5.75 Å². The van der Waals surface area contributed by atoms with Gasteiger partial charge < -0.3 is 4.74 Å². The molecule has 0 saturated carbocycles. The topological polar surface area (TPSA) is 95.5 Å². The molecule has 0 radical (unpaired) electrons. The Bertz CT molecular complexity index is 444. The zero-order valence-corrected chi connectivity index (χ0v) is 8.80. The number of ether oxygens (including phenoxy) is 1. The number of nitro benzene ring substituents is 2. The van der Waals surface area contributed by atoms with Crippen molar-refractivity contribution in [3.63, 3.8) is 0 Å². The lowest BCUT2D eigenvalue weighted by Crippen LogP contribution is -2.01. The van der Waals surface area contributed by atoms with E-state index in [2.05, 4.69) is 0 Å². The summed E-state index contributed by atoms with van der Waals surface area (Å²) in [6.45, 7) is 3.48. The molecule has 0 aliphatic rings.